The summed E-state index contributed by atoms with van der Waals surface area (Å²) in [5.41, 5.74) is 1.23. The van der Waals surface area contributed by atoms with Crippen LogP contribution in [0.25, 0.3) is 0 Å². The standard InChI is InChI=1S/C10H13Br2NO/c11-9-3-2-8(10(12)6-9)7-13-4-1-5-14/h2-3,6,13-14H,1,4-5,7H2. The molecule has 4 heteroatoms. The van der Waals surface area contributed by atoms with Gasteiger partial charge in [-0.1, -0.05) is 37.9 Å². The third-order valence-corrected chi connectivity index (χ3v) is 3.07. The number of aliphatic hydroxyl groups is 1. The van der Waals surface area contributed by atoms with E-state index < -0.39 is 0 Å². The van der Waals surface area contributed by atoms with Crippen molar-refractivity contribution in [2.45, 2.75) is 13.0 Å². The second-order valence-corrected chi connectivity index (χ2v) is 4.76. The van der Waals surface area contributed by atoms with Crippen LogP contribution < -0.4 is 5.32 Å². The van der Waals surface area contributed by atoms with Crippen LogP contribution in [0.3, 0.4) is 0 Å². The van der Waals surface area contributed by atoms with Gasteiger partial charge in [0.15, 0.2) is 0 Å². The van der Waals surface area contributed by atoms with Gasteiger partial charge in [0.1, 0.15) is 0 Å². The molecule has 2 nitrogen and oxygen atoms in total. The quantitative estimate of drug-likeness (QED) is 0.817. The Morgan fingerprint density at radius 2 is 2.07 bits per heavy atom. The van der Waals surface area contributed by atoms with Gasteiger partial charge in [0.05, 0.1) is 0 Å². The summed E-state index contributed by atoms with van der Waals surface area (Å²) >= 11 is 6.90. The highest BCUT2D eigenvalue weighted by Gasteiger charge is 1.99. The Morgan fingerprint density at radius 3 is 2.71 bits per heavy atom. The summed E-state index contributed by atoms with van der Waals surface area (Å²) in [6.45, 7) is 1.92. The molecule has 78 valence electrons. The Labute approximate surface area is 101 Å². The molecule has 0 bridgehead atoms. The van der Waals surface area contributed by atoms with Crippen molar-refractivity contribution in [2.75, 3.05) is 13.2 Å². The minimum absolute atomic E-state index is 0.245. The molecule has 1 aromatic rings. The van der Waals surface area contributed by atoms with Gasteiger partial charge < -0.3 is 10.4 Å². The minimum Gasteiger partial charge on any atom is -0.396 e. The molecule has 0 fully saturated rings. The van der Waals surface area contributed by atoms with Crippen molar-refractivity contribution >= 4 is 31.9 Å². The summed E-state index contributed by atoms with van der Waals surface area (Å²) in [7, 11) is 0. The van der Waals surface area contributed by atoms with Gasteiger partial charge in [0, 0.05) is 22.1 Å². The number of hydrogen-bond donors (Lipinski definition) is 2. The molecule has 2 N–H and O–H groups in total. The van der Waals surface area contributed by atoms with Gasteiger partial charge in [-0.3, -0.25) is 0 Å². The van der Waals surface area contributed by atoms with E-state index in [0.29, 0.717) is 0 Å². The largest absolute Gasteiger partial charge is 0.396 e. The van der Waals surface area contributed by atoms with Crippen molar-refractivity contribution < 1.29 is 5.11 Å². The Balaban J connectivity index is 2.42. The van der Waals surface area contributed by atoms with Gasteiger partial charge in [-0.25, -0.2) is 0 Å². The SMILES string of the molecule is OCCCNCc1ccc(Br)cc1Br. The summed E-state index contributed by atoms with van der Waals surface area (Å²) in [5.74, 6) is 0. The predicted molar refractivity (Wildman–Crippen MR) is 65.3 cm³/mol. The maximum atomic E-state index is 8.60. The highest BCUT2D eigenvalue weighted by molar-refractivity contribution is 9.11. The predicted octanol–water partition coefficient (Wildman–Crippen LogP) is 2.68. The molecular weight excluding hydrogens is 310 g/mol. The molecule has 1 aromatic carbocycles. The molecule has 0 aromatic heterocycles. The summed E-state index contributed by atoms with van der Waals surface area (Å²) in [5, 5.41) is 11.9. The first-order valence-electron chi connectivity index (χ1n) is 4.49. The monoisotopic (exact) mass is 321 g/mol. The van der Waals surface area contributed by atoms with Crippen LogP contribution in [0, 0.1) is 0 Å². The number of nitrogens with one attached hydrogen (secondary N) is 1. The Bertz CT molecular complexity index is 291. The molecule has 0 unspecified atom stereocenters. The molecule has 0 aliphatic carbocycles. The zero-order chi connectivity index (χ0) is 10.4. The van der Waals surface area contributed by atoms with E-state index in [1.54, 1.807) is 0 Å². The third kappa shape index (κ3) is 4.09. The summed E-state index contributed by atoms with van der Waals surface area (Å²) < 4.78 is 2.17. The van der Waals surface area contributed by atoms with E-state index in [9.17, 15) is 0 Å². The number of hydrogen-bond acceptors (Lipinski definition) is 2. The first-order chi connectivity index (χ1) is 6.74. The fourth-order valence-electron chi connectivity index (χ4n) is 1.09. The van der Waals surface area contributed by atoms with Gasteiger partial charge in [0.2, 0.25) is 0 Å². The second-order valence-electron chi connectivity index (χ2n) is 2.99. The van der Waals surface area contributed by atoms with Gasteiger partial charge in [-0.15, -0.1) is 0 Å². The molecule has 0 saturated heterocycles. The smallest absolute Gasteiger partial charge is 0.0443 e. The minimum atomic E-state index is 0.245. The Kier molecular flexibility index (Phi) is 5.70. The van der Waals surface area contributed by atoms with Gasteiger partial charge >= 0.3 is 0 Å². The van der Waals surface area contributed by atoms with Crippen LogP contribution in [0.15, 0.2) is 27.1 Å². The molecular formula is C10H13Br2NO. The maximum absolute atomic E-state index is 8.60. The molecule has 0 radical (unpaired) electrons. The maximum Gasteiger partial charge on any atom is 0.0443 e. The fraction of sp³-hybridized carbons (Fsp3) is 0.400. The molecule has 0 atom stereocenters. The van der Waals surface area contributed by atoms with Gasteiger partial charge in [-0.2, -0.15) is 0 Å². The van der Waals surface area contributed by atoms with E-state index in [-0.39, 0.29) is 6.61 Å². The first-order valence-corrected chi connectivity index (χ1v) is 6.08. The van der Waals surface area contributed by atoms with Crippen molar-refractivity contribution in [1.29, 1.82) is 0 Å². The average molecular weight is 323 g/mol. The number of halogens is 2. The van der Waals surface area contributed by atoms with Crippen LogP contribution in [0.1, 0.15) is 12.0 Å². The molecule has 0 amide bonds. The van der Waals surface area contributed by atoms with Crippen LogP contribution in [0.4, 0.5) is 0 Å². The molecule has 0 aliphatic rings. The molecule has 0 spiro atoms. The fourth-order valence-corrected chi connectivity index (χ4v) is 2.28. The van der Waals surface area contributed by atoms with E-state index in [1.807, 2.05) is 12.1 Å². The van der Waals surface area contributed by atoms with Gasteiger partial charge in [-0.05, 0) is 30.7 Å². The van der Waals surface area contributed by atoms with Crippen molar-refractivity contribution in [3.05, 3.63) is 32.7 Å². The summed E-state index contributed by atoms with van der Waals surface area (Å²) in [4.78, 5) is 0. The Hall–Kier alpha value is 0.1000. The highest BCUT2D eigenvalue weighted by Crippen LogP contribution is 2.21. The number of rotatable bonds is 5. The Morgan fingerprint density at radius 1 is 1.29 bits per heavy atom. The lowest BCUT2D eigenvalue weighted by Crippen LogP contribution is -2.15. The van der Waals surface area contributed by atoms with Crippen molar-refractivity contribution in [1.82, 2.24) is 5.32 Å². The van der Waals surface area contributed by atoms with E-state index in [4.69, 9.17) is 5.11 Å². The van der Waals surface area contributed by atoms with Gasteiger partial charge in [0.25, 0.3) is 0 Å². The summed E-state index contributed by atoms with van der Waals surface area (Å²) in [6.07, 6.45) is 0.800. The van der Waals surface area contributed by atoms with E-state index in [0.717, 1.165) is 28.5 Å². The van der Waals surface area contributed by atoms with Crippen molar-refractivity contribution in [2.24, 2.45) is 0 Å². The lowest BCUT2D eigenvalue weighted by atomic mass is 10.2. The van der Waals surface area contributed by atoms with Crippen LogP contribution in [-0.2, 0) is 6.54 Å². The van der Waals surface area contributed by atoms with Crippen LogP contribution in [0.5, 0.6) is 0 Å². The zero-order valence-electron chi connectivity index (χ0n) is 7.76. The lowest BCUT2D eigenvalue weighted by Gasteiger charge is -2.06. The third-order valence-electron chi connectivity index (χ3n) is 1.84. The second kappa shape index (κ2) is 6.56. The zero-order valence-corrected chi connectivity index (χ0v) is 10.9. The normalized spacial score (nSPS) is 10.5. The molecule has 0 aliphatic heterocycles. The average Bonchev–Trinajstić information content (AvgIpc) is 2.15. The number of benzene rings is 1. The molecule has 14 heavy (non-hydrogen) atoms. The first kappa shape index (κ1) is 12.2. The number of aliphatic hydroxyl groups excluding tert-OH is 1. The topological polar surface area (TPSA) is 32.3 Å². The van der Waals surface area contributed by atoms with E-state index in [2.05, 4.69) is 43.2 Å². The van der Waals surface area contributed by atoms with E-state index >= 15 is 0 Å². The molecule has 1 rings (SSSR count). The molecule has 0 heterocycles. The van der Waals surface area contributed by atoms with Crippen LogP contribution in [0.2, 0.25) is 0 Å². The molecule has 0 saturated carbocycles. The van der Waals surface area contributed by atoms with Crippen molar-refractivity contribution in [3.63, 3.8) is 0 Å². The van der Waals surface area contributed by atoms with Crippen LogP contribution >= 0.6 is 31.9 Å². The summed E-state index contributed by atoms with van der Waals surface area (Å²) in [6, 6.07) is 6.12. The van der Waals surface area contributed by atoms with Crippen molar-refractivity contribution in [3.8, 4) is 0 Å². The van der Waals surface area contributed by atoms with Crippen LogP contribution in [-0.4, -0.2) is 18.3 Å². The highest BCUT2D eigenvalue weighted by atomic mass is 79.9. The lowest BCUT2D eigenvalue weighted by molar-refractivity contribution is 0.286. The van der Waals surface area contributed by atoms with E-state index in [1.165, 1.54) is 5.56 Å².